The summed E-state index contributed by atoms with van der Waals surface area (Å²) in [6, 6.07) is 10.1. The Morgan fingerprint density at radius 1 is 0.986 bits per heavy atom. The number of ether oxygens (including phenoxy) is 2. The van der Waals surface area contributed by atoms with Gasteiger partial charge in [0.25, 0.3) is 5.91 Å². The van der Waals surface area contributed by atoms with Crippen molar-refractivity contribution in [2.45, 2.75) is 119 Å². The highest BCUT2D eigenvalue weighted by atomic mass is 33.1. The molecular weight excluding hydrogens is 989 g/mol. The zero-order chi connectivity index (χ0) is 53.0. The molecule has 2 bridgehead atoms. The van der Waals surface area contributed by atoms with Crippen molar-refractivity contribution in [3.63, 3.8) is 0 Å². The Labute approximate surface area is 439 Å². The Bertz CT molecular complexity index is 2710. The number of aliphatic hydroxyl groups is 3. The summed E-state index contributed by atoms with van der Waals surface area (Å²) in [7, 11) is 6.30. The van der Waals surface area contributed by atoms with Crippen molar-refractivity contribution in [2.75, 3.05) is 76.4 Å². The minimum Gasteiger partial charge on any atom is -0.496 e. The lowest BCUT2D eigenvalue weighted by molar-refractivity contribution is -0.204. The van der Waals surface area contributed by atoms with Crippen LogP contribution in [0.2, 0.25) is 0 Å². The number of aliphatic hydroxyl groups excluding tert-OH is 1. The molecule has 74 heavy (non-hydrogen) atoms. The number of benzene rings is 2. The Hall–Kier alpha value is -5.03. The van der Waals surface area contributed by atoms with Gasteiger partial charge in [-0.1, -0.05) is 65.8 Å². The van der Waals surface area contributed by atoms with Crippen molar-refractivity contribution in [2.24, 2.45) is 11.3 Å². The molecule has 2 aromatic carbocycles. The van der Waals surface area contributed by atoms with Gasteiger partial charge in [0.05, 0.1) is 25.2 Å². The normalized spacial score (nSPS) is 32.1. The SMILES string of the molecule is CC[C@]1(O)C[C@H]2CN(CCc3c([nH]c4ccccc34)[C@@](C)(c3cc4c(cc3OC)N(C)[C@H]3[C@@](O)(C(=O)NNC(=O)OCCSSCCNC(=O)C[C@H](NC(C)=O)C(=O)O)[C@H](O)[C@]5(CC)C=CCN6CC[C@]43[C@@H]65)C2)C1. The second kappa shape index (κ2) is 20.8. The number of carboxylic acids is 1. The summed E-state index contributed by atoms with van der Waals surface area (Å²) in [5.74, 6) is -1.73. The largest absolute Gasteiger partial charge is 0.496 e. The predicted octanol–water partition coefficient (Wildman–Crippen LogP) is 3.33. The van der Waals surface area contributed by atoms with Crippen LogP contribution in [0.1, 0.15) is 88.6 Å². The quantitative estimate of drug-likeness (QED) is 0.0432. The van der Waals surface area contributed by atoms with Gasteiger partial charge in [-0.2, -0.15) is 0 Å². The summed E-state index contributed by atoms with van der Waals surface area (Å²) >= 11 is 0. The minimum atomic E-state index is -2.47. The molecule has 4 amide bonds. The van der Waals surface area contributed by atoms with Crippen LogP contribution < -0.4 is 31.1 Å². The molecule has 1 aromatic heterocycles. The number of hydrogen-bond acceptors (Lipinski definition) is 15. The number of carbonyl (C=O) groups is 5. The smallest absolute Gasteiger partial charge is 0.426 e. The van der Waals surface area contributed by atoms with E-state index in [4.69, 9.17) is 9.47 Å². The molecule has 6 aliphatic rings. The summed E-state index contributed by atoms with van der Waals surface area (Å²) in [4.78, 5) is 73.5. The molecule has 1 saturated carbocycles. The number of carboxylic acid groups (broad SMARTS) is 1. The molecule has 6 heterocycles. The lowest BCUT2D eigenvalue weighted by Crippen LogP contribution is -2.82. The highest BCUT2D eigenvalue weighted by molar-refractivity contribution is 8.76. The molecule has 9 N–H and O–H groups in total. The van der Waals surface area contributed by atoms with Gasteiger partial charge < -0.3 is 50.4 Å². The van der Waals surface area contributed by atoms with Gasteiger partial charge in [0.1, 0.15) is 24.5 Å². The maximum absolute atomic E-state index is 14.9. The average molecular weight is 1060 g/mol. The van der Waals surface area contributed by atoms with Gasteiger partial charge >= 0.3 is 12.1 Å². The monoisotopic (exact) mass is 1060 g/mol. The Morgan fingerprint density at radius 3 is 2.49 bits per heavy atom. The van der Waals surface area contributed by atoms with Gasteiger partial charge in [-0.25, -0.2) is 15.0 Å². The highest BCUT2D eigenvalue weighted by Crippen LogP contribution is 2.67. The second-order valence-corrected chi connectivity index (χ2v) is 24.3. The molecular formula is C53H72N8O11S2. The first-order valence-electron chi connectivity index (χ1n) is 25.9. The van der Waals surface area contributed by atoms with Crippen molar-refractivity contribution in [1.82, 2.24) is 36.3 Å². The molecule has 21 heteroatoms. The number of aromatic nitrogens is 1. The van der Waals surface area contributed by atoms with E-state index >= 15 is 0 Å². The number of aliphatic carboxylic acids is 1. The van der Waals surface area contributed by atoms with Crippen molar-refractivity contribution in [1.29, 1.82) is 0 Å². The average Bonchev–Trinajstić information content (AvgIpc) is 4.04. The molecule has 3 aromatic rings. The number of H-pyrrole nitrogens is 1. The molecule has 402 valence electrons. The van der Waals surface area contributed by atoms with Crippen molar-refractivity contribution >= 4 is 68.0 Å². The van der Waals surface area contributed by atoms with Crippen LogP contribution in [-0.2, 0) is 41.2 Å². The van der Waals surface area contributed by atoms with E-state index in [1.54, 1.807) is 7.11 Å². The molecule has 1 spiro atoms. The van der Waals surface area contributed by atoms with E-state index in [9.17, 15) is 44.4 Å². The van der Waals surface area contributed by atoms with Crippen molar-refractivity contribution < 1.29 is 53.9 Å². The minimum absolute atomic E-state index is 0.0394. The number of nitrogens with zero attached hydrogens (tertiary/aromatic N) is 3. The second-order valence-electron chi connectivity index (χ2n) is 21.6. The van der Waals surface area contributed by atoms with Gasteiger partial charge in [-0.15, -0.1) is 0 Å². The number of nitrogens with one attached hydrogen (secondary N) is 5. The molecule has 0 radical (unpaired) electrons. The number of para-hydroxylation sites is 1. The number of piperidine rings is 1. The first kappa shape index (κ1) is 53.8. The summed E-state index contributed by atoms with van der Waals surface area (Å²) in [5.41, 5.74) is 4.99. The third kappa shape index (κ3) is 9.10. The fraction of sp³-hybridized carbons (Fsp3) is 0.604. The summed E-state index contributed by atoms with van der Waals surface area (Å²) in [6.45, 7) is 11.3. The number of rotatable bonds is 16. The van der Waals surface area contributed by atoms with Gasteiger partial charge in [0.15, 0.2) is 5.60 Å². The molecule has 3 fully saturated rings. The number of amides is 4. The standard InChI is InChI=1S/C53H72N8O11S2/c1-7-50(69)28-32-27-49(4,42-34(14-19-60(29-32)30-50)33-12-9-10-13-37(33)56-42)36-24-35-39(26-40(36)71-6)59(5)45-52(35)16-20-61-18-11-15-51(8-2,44(52)61)46(66)53(45,70)47(67)57-58-48(68)72-21-23-74-73-22-17-54-41(63)25-38(43(64)65)55-31(3)62/h9-13,15,24,26,32,38,44-46,56,66,69-70H,7-8,14,16-23,25,27-30H2,1-6H3,(H,54,63)(H,55,62)(H,57,67)(H,58,68)(H,64,65)/t32-,38-,44-,45+,46+,49+,50-,51+,52+,53-/m0/s1. The molecule has 2 saturated heterocycles. The van der Waals surface area contributed by atoms with E-state index in [-0.39, 0.29) is 25.1 Å². The lowest BCUT2D eigenvalue weighted by atomic mass is 9.47. The first-order valence-corrected chi connectivity index (χ1v) is 28.4. The summed E-state index contributed by atoms with van der Waals surface area (Å²) in [6.07, 6.45) is 4.88. The number of hydrogen-bond donors (Lipinski definition) is 9. The number of methoxy groups -OCH3 is 1. The Morgan fingerprint density at radius 2 is 1.76 bits per heavy atom. The van der Waals surface area contributed by atoms with Gasteiger partial charge in [-0.3, -0.25) is 29.6 Å². The van der Waals surface area contributed by atoms with Crippen LogP contribution >= 0.6 is 21.6 Å². The van der Waals surface area contributed by atoms with E-state index in [1.165, 1.54) is 39.5 Å². The van der Waals surface area contributed by atoms with Crippen LogP contribution in [0.25, 0.3) is 10.9 Å². The van der Waals surface area contributed by atoms with Crippen molar-refractivity contribution in [3.8, 4) is 5.75 Å². The number of likely N-dealkylation sites (N-methyl/N-ethyl adjacent to an activating group) is 1. The van der Waals surface area contributed by atoms with Crippen LogP contribution in [-0.4, -0.2) is 172 Å². The van der Waals surface area contributed by atoms with E-state index in [1.807, 2.05) is 37.1 Å². The van der Waals surface area contributed by atoms with E-state index in [0.29, 0.717) is 62.6 Å². The Kier molecular flexibility index (Phi) is 15.1. The maximum atomic E-state index is 14.9. The number of carbonyl (C=O) groups excluding carboxylic acids is 4. The molecule has 5 aliphatic heterocycles. The van der Waals surface area contributed by atoms with Gasteiger partial charge in [0.2, 0.25) is 11.8 Å². The van der Waals surface area contributed by atoms with E-state index < -0.39 is 81.8 Å². The molecule has 1 unspecified atom stereocenters. The van der Waals surface area contributed by atoms with Gasteiger partial charge in [0, 0.05) is 114 Å². The fourth-order valence-corrected chi connectivity index (χ4v) is 16.1. The Balaban J connectivity index is 0.978. The topological polar surface area (TPSA) is 258 Å². The maximum Gasteiger partial charge on any atom is 0.426 e. The highest BCUT2D eigenvalue weighted by Gasteiger charge is 2.78. The van der Waals surface area contributed by atoms with Crippen LogP contribution in [0.4, 0.5) is 10.5 Å². The molecule has 9 rings (SSSR count). The van der Waals surface area contributed by atoms with E-state index in [0.717, 1.165) is 54.0 Å². The fourth-order valence-electron chi connectivity index (χ4n) is 14.4. The summed E-state index contributed by atoms with van der Waals surface area (Å²) in [5, 5.41) is 53.5. The zero-order valence-electron chi connectivity index (χ0n) is 43.1. The third-order valence-electron chi connectivity index (χ3n) is 17.4. The van der Waals surface area contributed by atoms with Crippen LogP contribution in [0, 0.1) is 11.3 Å². The predicted molar refractivity (Wildman–Crippen MR) is 283 cm³/mol. The number of fused-ring (bicyclic) bond motifs is 6. The number of aromatic amines is 1. The van der Waals surface area contributed by atoms with E-state index in [2.05, 4.69) is 80.4 Å². The first-order chi connectivity index (χ1) is 35.3. The van der Waals surface area contributed by atoms with Crippen molar-refractivity contribution in [3.05, 3.63) is 70.9 Å². The lowest BCUT2D eigenvalue weighted by Gasteiger charge is -2.63. The molecule has 19 nitrogen and oxygen atoms in total. The van der Waals surface area contributed by atoms with Gasteiger partial charge in [-0.05, 0) is 81.2 Å². The molecule has 1 aliphatic carbocycles. The number of hydrazine groups is 1. The van der Waals surface area contributed by atoms with Crippen LogP contribution in [0.3, 0.4) is 0 Å². The molecule has 11 atom stereocenters. The van der Waals surface area contributed by atoms with Crippen LogP contribution in [0.5, 0.6) is 5.75 Å². The van der Waals surface area contributed by atoms with Crippen LogP contribution in [0.15, 0.2) is 48.6 Å². The summed E-state index contributed by atoms with van der Waals surface area (Å²) < 4.78 is 11.8. The zero-order valence-corrected chi connectivity index (χ0v) is 44.8. The number of anilines is 1. The third-order valence-corrected chi connectivity index (χ3v) is 19.7.